The van der Waals surface area contributed by atoms with E-state index in [0.29, 0.717) is 34.4 Å². The predicted molar refractivity (Wildman–Crippen MR) is 130 cm³/mol. The van der Waals surface area contributed by atoms with E-state index in [1.165, 1.54) is 0 Å². The molecule has 3 aromatic rings. The Morgan fingerprint density at radius 3 is 2.40 bits per heavy atom. The van der Waals surface area contributed by atoms with Crippen molar-refractivity contribution in [3.8, 4) is 5.75 Å². The van der Waals surface area contributed by atoms with Crippen LogP contribution in [0.3, 0.4) is 0 Å². The maximum Gasteiger partial charge on any atom is 0.341 e. The summed E-state index contributed by atoms with van der Waals surface area (Å²) in [4.78, 5) is 28.9. The van der Waals surface area contributed by atoms with Crippen LogP contribution in [0, 0.1) is 0 Å². The van der Waals surface area contributed by atoms with Gasteiger partial charge in [0.05, 0.1) is 17.2 Å². The minimum atomic E-state index is -0.997. The van der Waals surface area contributed by atoms with Gasteiger partial charge >= 0.3 is 11.9 Å². The molecule has 8 heteroatoms. The topological polar surface area (TPSA) is 104 Å². The zero-order chi connectivity index (χ0) is 25.4. The molecule has 0 aliphatic heterocycles. The second kappa shape index (κ2) is 12.3. The summed E-state index contributed by atoms with van der Waals surface area (Å²) >= 11 is 0. The SMILES string of the molecule is CCOC(Cc1ccc(OCc2cnc3ccccc3c2C(=O)OC(C)OC(C)C)cc1)C(=O)O. The number of hydrogen-bond donors (Lipinski definition) is 1. The molecule has 8 nitrogen and oxygen atoms in total. The number of carboxylic acid groups (broad SMARTS) is 1. The lowest BCUT2D eigenvalue weighted by Gasteiger charge is -2.18. The lowest BCUT2D eigenvalue weighted by molar-refractivity contribution is -0.150. The van der Waals surface area contributed by atoms with Crippen LogP contribution in [0.25, 0.3) is 10.9 Å². The molecule has 0 spiro atoms. The van der Waals surface area contributed by atoms with Crippen LogP contribution in [0.2, 0.25) is 0 Å². The van der Waals surface area contributed by atoms with Gasteiger partial charge in [0, 0.05) is 30.2 Å². The fraction of sp³-hybridized carbons (Fsp3) is 0.370. The van der Waals surface area contributed by atoms with Crippen LogP contribution in [0.15, 0.2) is 54.7 Å². The zero-order valence-electron chi connectivity index (χ0n) is 20.4. The van der Waals surface area contributed by atoms with Gasteiger partial charge in [-0.15, -0.1) is 0 Å². The molecule has 1 aromatic heterocycles. The average Bonchev–Trinajstić information content (AvgIpc) is 2.82. The van der Waals surface area contributed by atoms with Crippen LogP contribution in [-0.4, -0.2) is 47.1 Å². The number of para-hydroxylation sites is 1. The van der Waals surface area contributed by atoms with Crippen molar-refractivity contribution in [1.82, 2.24) is 4.98 Å². The van der Waals surface area contributed by atoms with Crippen molar-refractivity contribution in [1.29, 1.82) is 0 Å². The minimum Gasteiger partial charge on any atom is -0.489 e. The highest BCUT2D eigenvalue weighted by Crippen LogP contribution is 2.24. The van der Waals surface area contributed by atoms with Gasteiger partial charge in [-0.2, -0.15) is 0 Å². The first-order chi connectivity index (χ1) is 16.8. The number of fused-ring (bicyclic) bond motifs is 1. The van der Waals surface area contributed by atoms with Crippen molar-refractivity contribution in [3.63, 3.8) is 0 Å². The molecular formula is C27H31NO7. The molecule has 1 N–H and O–H groups in total. The van der Waals surface area contributed by atoms with Gasteiger partial charge in [0.25, 0.3) is 0 Å². The van der Waals surface area contributed by atoms with Gasteiger partial charge in [-0.1, -0.05) is 30.3 Å². The number of benzene rings is 2. The van der Waals surface area contributed by atoms with E-state index >= 15 is 0 Å². The number of esters is 1. The Morgan fingerprint density at radius 2 is 1.74 bits per heavy atom. The van der Waals surface area contributed by atoms with E-state index in [4.69, 9.17) is 18.9 Å². The van der Waals surface area contributed by atoms with E-state index in [0.717, 1.165) is 5.56 Å². The van der Waals surface area contributed by atoms with E-state index < -0.39 is 24.3 Å². The number of carbonyl (C=O) groups excluding carboxylic acids is 1. The first-order valence-corrected chi connectivity index (χ1v) is 11.6. The Labute approximate surface area is 204 Å². The molecule has 186 valence electrons. The highest BCUT2D eigenvalue weighted by molar-refractivity contribution is 6.04. The van der Waals surface area contributed by atoms with Gasteiger partial charge < -0.3 is 24.1 Å². The van der Waals surface area contributed by atoms with Crippen molar-refractivity contribution >= 4 is 22.8 Å². The Morgan fingerprint density at radius 1 is 1.03 bits per heavy atom. The number of ether oxygens (including phenoxy) is 4. The molecule has 0 aliphatic rings. The Bertz CT molecular complexity index is 1140. The summed E-state index contributed by atoms with van der Waals surface area (Å²) < 4.78 is 22.3. The summed E-state index contributed by atoms with van der Waals surface area (Å²) in [5.74, 6) is -0.939. The Balaban J connectivity index is 1.77. The maximum atomic E-state index is 13.1. The van der Waals surface area contributed by atoms with E-state index in [9.17, 15) is 14.7 Å². The van der Waals surface area contributed by atoms with Crippen molar-refractivity contribution in [2.24, 2.45) is 0 Å². The molecule has 0 radical (unpaired) electrons. The third-order valence-electron chi connectivity index (χ3n) is 5.18. The molecule has 0 aliphatic carbocycles. The Hall–Kier alpha value is -3.49. The molecule has 2 aromatic carbocycles. The zero-order valence-corrected chi connectivity index (χ0v) is 20.4. The van der Waals surface area contributed by atoms with Gasteiger partial charge in [0.2, 0.25) is 6.29 Å². The monoisotopic (exact) mass is 481 g/mol. The highest BCUT2D eigenvalue weighted by atomic mass is 16.7. The summed E-state index contributed by atoms with van der Waals surface area (Å²) in [6, 6.07) is 14.4. The molecule has 0 saturated heterocycles. The second-order valence-electron chi connectivity index (χ2n) is 8.25. The van der Waals surface area contributed by atoms with Gasteiger partial charge in [0.1, 0.15) is 12.4 Å². The fourth-order valence-corrected chi connectivity index (χ4v) is 3.67. The second-order valence-corrected chi connectivity index (χ2v) is 8.25. The fourth-order valence-electron chi connectivity index (χ4n) is 3.67. The van der Waals surface area contributed by atoms with Crippen molar-refractivity contribution in [2.45, 2.75) is 59.2 Å². The normalized spacial score (nSPS) is 12.9. The molecule has 2 unspecified atom stereocenters. The van der Waals surface area contributed by atoms with Crippen molar-refractivity contribution in [2.75, 3.05) is 6.61 Å². The molecule has 35 heavy (non-hydrogen) atoms. The minimum absolute atomic E-state index is 0.0860. The van der Waals surface area contributed by atoms with Gasteiger partial charge in [-0.3, -0.25) is 4.98 Å². The number of hydrogen-bond acceptors (Lipinski definition) is 7. The summed E-state index contributed by atoms with van der Waals surface area (Å²) in [6.45, 7) is 7.60. The van der Waals surface area contributed by atoms with E-state index in [1.54, 1.807) is 44.3 Å². The third kappa shape index (κ3) is 7.24. The molecule has 0 amide bonds. The van der Waals surface area contributed by atoms with E-state index in [-0.39, 0.29) is 19.1 Å². The lowest BCUT2D eigenvalue weighted by atomic mass is 10.0. The standard InChI is InChI=1S/C27H31NO7/c1-5-32-24(26(29)30)14-19-10-12-21(13-11-19)33-16-20-15-28-23-9-7-6-8-22(23)25(20)27(31)35-18(4)34-17(2)3/h6-13,15,17-18,24H,5,14,16H2,1-4H3,(H,29,30). The number of pyridine rings is 1. The average molecular weight is 482 g/mol. The third-order valence-corrected chi connectivity index (χ3v) is 5.18. The van der Waals surface area contributed by atoms with Gasteiger partial charge in [-0.25, -0.2) is 9.59 Å². The summed E-state index contributed by atoms with van der Waals surface area (Å²) in [5.41, 5.74) is 2.45. The quantitative estimate of drug-likeness (QED) is 0.291. The maximum absolute atomic E-state index is 13.1. The summed E-state index contributed by atoms with van der Waals surface area (Å²) in [5, 5.41) is 9.94. The summed E-state index contributed by atoms with van der Waals surface area (Å²) in [6.07, 6.45) is 0.177. The van der Waals surface area contributed by atoms with Crippen molar-refractivity contribution < 1.29 is 33.6 Å². The predicted octanol–water partition coefficient (Wildman–Crippen LogP) is 4.77. The van der Waals surface area contributed by atoms with Crippen LogP contribution < -0.4 is 4.74 Å². The first kappa shape index (κ1) is 26.1. The van der Waals surface area contributed by atoms with Crippen LogP contribution >= 0.6 is 0 Å². The molecular weight excluding hydrogens is 450 g/mol. The largest absolute Gasteiger partial charge is 0.489 e. The smallest absolute Gasteiger partial charge is 0.341 e. The molecule has 3 rings (SSSR count). The van der Waals surface area contributed by atoms with Crippen LogP contribution in [0.5, 0.6) is 5.75 Å². The Kier molecular flexibility index (Phi) is 9.17. The number of rotatable bonds is 12. The van der Waals surface area contributed by atoms with Crippen LogP contribution in [0.4, 0.5) is 0 Å². The summed E-state index contributed by atoms with van der Waals surface area (Å²) in [7, 11) is 0. The van der Waals surface area contributed by atoms with Gasteiger partial charge in [0.15, 0.2) is 6.10 Å². The lowest BCUT2D eigenvalue weighted by Crippen LogP contribution is -2.26. The molecule has 0 bridgehead atoms. The van der Waals surface area contributed by atoms with Crippen LogP contribution in [0.1, 0.15) is 49.2 Å². The van der Waals surface area contributed by atoms with Crippen molar-refractivity contribution in [3.05, 3.63) is 71.4 Å². The van der Waals surface area contributed by atoms with E-state index in [2.05, 4.69) is 4.98 Å². The number of carbonyl (C=O) groups is 2. The van der Waals surface area contributed by atoms with Gasteiger partial charge in [-0.05, 0) is 51.5 Å². The van der Waals surface area contributed by atoms with E-state index in [1.807, 2.05) is 38.1 Å². The molecule has 1 heterocycles. The van der Waals surface area contributed by atoms with Crippen LogP contribution in [-0.2, 0) is 32.0 Å². The molecule has 0 saturated carbocycles. The molecule has 2 atom stereocenters. The number of nitrogens with zero attached hydrogens (tertiary/aromatic N) is 1. The highest BCUT2D eigenvalue weighted by Gasteiger charge is 2.21. The number of aromatic nitrogens is 1. The number of aliphatic carboxylic acids is 1. The first-order valence-electron chi connectivity index (χ1n) is 11.6. The molecule has 0 fully saturated rings. The number of carboxylic acids is 1.